The molecule has 0 aliphatic carbocycles. The maximum atomic E-state index is 12.3. The molecule has 1 aromatic heterocycles. The minimum Gasteiger partial charge on any atom is -0.376 e. The minimum absolute atomic E-state index is 0.0124. The average molecular weight is 382 g/mol. The number of nitrogens with zero attached hydrogens (tertiary/aromatic N) is 2. The van der Waals surface area contributed by atoms with E-state index in [0.717, 1.165) is 41.3 Å². The van der Waals surface area contributed by atoms with Gasteiger partial charge in [-0.3, -0.25) is 9.36 Å². The molecule has 0 spiro atoms. The normalized spacial score (nSPS) is 16.7. The highest BCUT2D eigenvalue weighted by Crippen LogP contribution is 2.28. The number of thioether (sulfide) groups is 1. The van der Waals surface area contributed by atoms with Crippen LogP contribution in [0.1, 0.15) is 18.4 Å². The lowest BCUT2D eigenvalue weighted by Gasteiger charge is -2.11. The molecule has 6 heteroatoms. The largest absolute Gasteiger partial charge is 0.376 e. The van der Waals surface area contributed by atoms with Crippen LogP contribution >= 0.6 is 11.8 Å². The number of hydrogen-bond acceptors (Lipinski definition) is 4. The summed E-state index contributed by atoms with van der Waals surface area (Å²) in [5.74, 6) is 0.348. The standard InChI is InChI=1S/C21H23N3O2S/c1-15-6-4-7-16(12-15)24-19-10-3-2-9-18(19)23-21(24)27-14-20(25)22-13-17-8-5-11-26-17/h2-4,6-7,9-10,12,17H,5,8,11,13-14H2,1H3,(H,22,25)/t17-/m0/s1. The molecule has 1 atom stereocenters. The van der Waals surface area contributed by atoms with Gasteiger partial charge in [-0.15, -0.1) is 0 Å². The number of aromatic nitrogens is 2. The molecule has 0 bridgehead atoms. The van der Waals surface area contributed by atoms with Crippen LogP contribution in [-0.2, 0) is 9.53 Å². The van der Waals surface area contributed by atoms with Crippen molar-refractivity contribution >= 4 is 28.7 Å². The molecule has 27 heavy (non-hydrogen) atoms. The summed E-state index contributed by atoms with van der Waals surface area (Å²) in [4.78, 5) is 17.0. The number of carbonyl (C=O) groups excluding carboxylic acids is 1. The maximum Gasteiger partial charge on any atom is 0.230 e. The average Bonchev–Trinajstić information content (AvgIpc) is 3.32. The summed E-state index contributed by atoms with van der Waals surface area (Å²) in [6.45, 7) is 3.47. The Morgan fingerprint density at radius 3 is 3.00 bits per heavy atom. The molecule has 4 rings (SSSR count). The van der Waals surface area contributed by atoms with Gasteiger partial charge < -0.3 is 10.1 Å². The zero-order valence-corrected chi connectivity index (χ0v) is 16.2. The van der Waals surface area contributed by atoms with E-state index < -0.39 is 0 Å². The Labute approximate surface area is 163 Å². The first kappa shape index (κ1) is 18.1. The number of rotatable bonds is 6. The number of para-hydroxylation sites is 2. The molecule has 5 nitrogen and oxygen atoms in total. The zero-order chi connectivity index (χ0) is 18.6. The predicted molar refractivity (Wildman–Crippen MR) is 109 cm³/mol. The maximum absolute atomic E-state index is 12.3. The number of carbonyl (C=O) groups is 1. The van der Waals surface area contributed by atoms with Crippen LogP contribution in [0.15, 0.2) is 53.7 Å². The molecule has 0 unspecified atom stereocenters. The Balaban J connectivity index is 1.52. The third-order valence-corrected chi connectivity index (χ3v) is 5.61. The van der Waals surface area contributed by atoms with Crippen LogP contribution in [0.4, 0.5) is 0 Å². The second-order valence-electron chi connectivity index (χ2n) is 6.79. The van der Waals surface area contributed by atoms with Gasteiger partial charge in [-0.1, -0.05) is 36.0 Å². The summed E-state index contributed by atoms with van der Waals surface area (Å²) < 4.78 is 7.68. The summed E-state index contributed by atoms with van der Waals surface area (Å²) in [7, 11) is 0. The highest BCUT2D eigenvalue weighted by atomic mass is 32.2. The monoisotopic (exact) mass is 381 g/mol. The van der Waals surface area contributed by atoms with Gasteiger partial charge in [-0.2, -0.15) is 0 Å². The van der Waals surface area contributed by atoms with Gasteiger partial charge in [0, 0.05) is 18.8 Å². The number of fused-ring (bicyclic) bond motifs is 1. The van der Waals surface area contributed by atoms with Gasteiger partial charge in [0.2, 0.25) is 5.91 Å². The van der Waals surface area contributed by atoms with Crippen LogP contribution in [0.2, 0.25) is 0 Å². The van der Waals surface area contributed by atoms with Crippen molar-refractivity contribution < 1.29 is 9.53 Å². The number of imidazole rings is 1. The Bertz CT molecular complexity index is 948. The van der Waals surface area contributed by atoms with Crippen LogP contribution in [0, 0.1) is 6.92 Å². The van der Waals surface area contributed by atoms with Gasteiger partial charge in [0.25, 0.3) is 0 Å². The molecule has 0 saturated carbocycles. The number of amides is 1. The quantitative estimate of drug-likeness (QED) is 0.661. The van der Waals surface area contributed by atoms with Crippen molar-refractivity contribution in [3.05, 3.63) is 54.1 Å². The highest BCUT2D eigenvalue weighted by Gasteiger charge is 2.17. The van der Waals surface area contributed by atoms with Crippen molar-refractivity contribution in [1.82, 2.24) is 14.9 Å². The Hall–Kier alpha value is -2.31. The second-order valence-corrected chi connectivity index (χ2v) is 7.73. The minimum atomic E-state index is 0.0124. The van der Waals surface area contributed by atoms with Gasteiger partial charge in [0.15, 0.2) is 5.16 Å². The van der Waals surface area contributed by atoms with Gasteiger partial charge in [0.1, 0.15) is 0 Å². The van der Waals surface area contributed by atoms with Crippen LogP contribution in [0.25, 0.3) is 16.7 Å². The summed E-state index contributed by atoms with van der Waals surface area (Å²) >= 11 is 1.46. The van der Waals surface area contributed by atoms with Gasteiger partial charge in [-0.25, -0.2) is 4.98 Å². The lowest BCUT2D eigenvalue weighted by Crippen LogP contribution is -2.32. The van der Waals surface area contributed by atoms with Crippen molar-refractivity contribution in [3.8, 4) is 5.69 Å². The number of nitrogens with one attached hydrogen (secondary N) is 1. The van der Waals surface area contributed by atoms with E-state index in [4.69, 9.17) is 9.72 Å². The van der Waals surface area contributed by atoms with Crippen molar-refractivity contribution in [1.29, 1.82) is 0 Å². The Kier molecular flexibility index (Phi) is 5.45. The van der Waals surface area contributed by atoms with Crippen LogP contribution in [0.5, 0.6) is 0 Å². The third-order valence-electron chi connectivity index (χ3n) is 4.67. The summed E-state index contributed by atoms with van der Waals surface area (Å²) in [5, 5.41) is 3.80. The molecule has 1 aliphatic rings. The molecular formula is C21H23N3O2S. The van der Waals surface area contributed by atoms with Crippen molar-refractivity contribution in [2.75, 3.05) is 18.9 Å². The number of ether oxygens (including phenoxy) is 1. The molecule has 1 fully saturated rings. The van der Waals surface area contributed by atoms with E-state index in [-0.39, 0.29) is 12.0 Å². The SMILES string of the molecule is Cc1cccc(-n2c(SCC(=O)NC[C@@H]3CCCO3)nc3ccccc32)c1. The zero-order valence-electron chi connectivity index (χ0n) is 15.4. The lowest BCUT2D eigenvalue weighted by molar-refractivity contribution is -0.119. The Morgan fingerprint density at radius 1 is 1.30 bits per heavy atom. The lowest BCUT2D eigenvalue weighted by atomic mass is 10.2. The van der Waals surface area contributed by atoms with E-state index in [0.29, 0.717) is 12.3 Å². The first-order chi connectivity index (χ1) is 13.2. The van der Waals surface area contributed by atoms with Gasteiger partial charge in [0.05, 0.1) is 22.9 Å². The van der Waals surface area contributed by atoms with Crippen LogP contribution in [0.3, 0.4) is 0 Å². The Morgan fingerprint density at radius 2 is 2.19 bits per heavy atom. The molecule has 3 aromatic rings. The number of hydrogen-bond donors (Lipinski definition) is 1. The van der Waals surface area contributed by atoms with E-state index >= 15 is 0 Å². The van der Waals surface area contributed by atoms with E-state index in [1.807, 2.05) is 24.3 Å². The van der Waals surface area contributed by atoms with E-state index in [2.05, 4.69) is 41.1 Å². The van der Waals surface area contributed by atoms with Crippen LogP contribution < -0.4 is 5.32 Å². The molecular weight excluding hydrogens is 358 g/mol. The number of benzene rings is 2. The third kappa shape index (κ3) is 4.17. The van der Waals surface area contributed by atoms with Crippen LogP contribution in [-0.4, -0.2) is 40.5 Å². The predicted octanol–water partition coefficient (Wildman–Crippen LogP) is 3.72. The fourth-order valence-electron chi connectivity index (χ4n) is 3.33. The topological polar surface area (TPSA) is 56.2 Å². The summed E-state index contributed by atoms with van der Waals surface area (Å²) in [5.41, 5.74) is 4.23. The highest BCUT2D eigenvalue weighted by molar-refractivity contribution is 7.99. The fourth-order valence-corrected chi connectivity index (χ4v) is 4.19. The van der Waals surface area contributed by atoms with Crippen molar-refractivity contribution in [2.24, 2.45) is 0 Å². The molecule has 0 radical (unpaired) electrons. The molecule has 1 amide bonds. The van der Waals surface area contributed by atoms with Crippen molar-refractivity contribution in [2.45, 2.75) is 31.0 Å². The molecule has 2 aromatic carbocycles. The molecule has 1 aliphatic heterocycles. The molecule has 2 heterocycles. The first-order valence-electron chi connectivity index (χ1n) is 9.26. The van der Waals surface area contributed by atoms with E-state index in [9.17, 15) is 4.79 Å². The van der Waals surface area contributed by atoms with E-state index in [1.54, 1.807) is 0 Å². The second kappa shape index (κ2) is 8.15. The van der Waals surface area contributed by atoms with Gasteiger partial charge in [-0.05, 0) is 49.6 Å². The molecule has 1 N–H and O–H groups in total. The summed E-state index contributed by atoms with van der Waals surface area (Å²) in [6.07, 6.45) is 2.27. The summed E-state index contributed by atoms with van der Waals surface area (Å²) in [6, 6.07) is 16.4. The van der Waals surface area contributed by atoms with E-state index in [1.165, 1.54) is 17.3 Å². The van der Waals surface area contributed by atoms with Gasteiger partial charge >= 0.3 is 0 Å². The van der Waals surface area contributed by atoms with Crippen molar-refractivity contribution in [3.63, 3.8) is 0 Å². The first-order valence-corrected chi connectivity index (χ1v) is 10.2. The molecule has 1 saturated heterocycles. The fraction of sp³-hybridized carbons (Fsp3) is 0.333. The smallest absolute Gasteiger partial charge is 0.230 e. The molecule has 140 valence electrons. The number of aryl methyl sites for hydroxylation is 1.